The van der Waals surface area contributed by atoms with Crippen LogP contribution in [-0.4, -0.2) is 42.9 Å². The average molecular weight is 319 g/mol. The standard InChI is InChI=1S/C18H29N3O2/c1-6-11-19-17(22)12-21(5)14(4)18(23)20-16-9-7-15(8-10-16)13(2)3/h7-10,13-14H,6,11-12H2,1-5H3,(H,19,22)(H,20,23)/t14-/m1/s1. The molecule has 0 saturated heterocycles. The van der Waals surface area contributed by atoms with Crippen LogP contribution in [0.3, 0.4) is 0 Å². The Kier molecular flexibility index (Phi) is 7.75. The predicted octanol–water partition coefficient (Wildman–Crippen LogP) is 2.60. The van der Waals surface area contributed by atoms with E-state index < -0.39 is 0 Å². The maximum Gasteiger partial charge on any atom is 0.241 e. The molecule has 1 rings (SSSR count). The summed E-state index contributed by atoms with van der Waals surface area (Å²) in [6, 6.07) is 7.48. The number of benzene rings is 1. The van der Waals surface area contributed by atoms with Crippen molar-refractivity contribution in [1.29, 1.82) is 0 Å². The number of hydrogen-bond acceptors (Lipinski definition) is 3. The molecule has 0 radical (unpaired) electrons. The summed E-state index contributed by atoms with van der Waals surface area (Å²) in [5, 5.41) is 5.70. The zero-order chi connectivity index (χ0) is 17.4. The fourth-order valence-electron chi connectivity index (χ4n) is 2.08. The second kappa shape index (κ2) is 9.30. The molecule has 0 spiro atoms. The van der Waals surface area contributed by atoms with Gasteiger partial charge in [0.05, 0.1) is 12.6 Å². The maximum absolute atomic E-state index is 12.3. The van der Waals surface area contributed by atoms with E-state index in [4.69, 9.17) is 0 Å². The number of nitrogens with zero attached hydrogens (tertiary/aromatic N) is 1. The first-order valence-corrected chi connectivity index (χ1v) is 8.22. The second-order valence-electron chi connectivity index (χ2n) is 6.21. The van der Waals surface area contributed by atoms with Crippen LogP contribution < -0.4 is 10.6 Å². The van der Waals surface area contributed by atoms with E-state index in [0.29, 0.717) is 12.5 Å². The van der Waals surface area contributed by atoms with Crippen molar-refractivity contribution >= 4 is 17.5 Å². The lowest BCUT2D eigenvalue weighted by atomic mass is 10.0. The lowest BCUT2D eigenvalue weighted by molar-refractivity contribution is -0.124. The monoisotopic (exact) mass is 319 g/mol. The highest BCUT2D eigenvalue weighted by atomic mass is 16.2. The minimum Gasteiger partial charge on any atom is -0.355 e. The van der Waals surface area contributed by atoms with Crippen molar-refractivity contribution in [3.63, 3.8) is 0 Å². The molecule has 0 bridgehead atoms. The van der Waals surface area contributed by atoms with E-state index in [-0.39, 0.29) is 24.4 Å². The van der Waals surface area contributed by atoms with Crippen molar-refractivity contribution < 1.29 is 9.59 Å². The number of amides is 2. The lowest BCUT2D eigenvalue weighted by Crippen LogP contribution is -2.44. The average Bonchev–Trinajstić information content (AvgIpc) is 2.52. The SMILES string of the molecule is CCCNC(=O)CN(C)[C@H](C)C(=O)Nc1ccc(C(C)C)cc1. The van der Waals surface area contributed by atoms with Gasteiger partial charge in [0.1, 0.15) is 0 Å². The summed E-state index contributed by atoms with van der Waals surface area (Å²) in [5.74, 6) is 0.287. The van der Waals surface area contributed by atoms with Gasteiger partial charge in [0, 0.05) is 12.2 Å². The Morgan fingerprint density at radius 3 is 2.26 bits per heavy atom. The highest BCUT2D eigenvalue weighted by Gasteiger charge is 2.20. The first-order chi connectivity index (χ1) is 10.8. The summed E-state index contributed by atoms with van der Waals surface area (Å²) >= 11 is 0. The Balaban J connectivity index is 2.53. The van der Waals surface area contributed by atoms with Crippen molar-refractivity contribution in [2.75, 3.05) is 25.5 Å². The molecule has 5 nitrogen and oxygen atoms in total. The van der Waals surface area contributed by atoms with E-state index in [1.165, 1.54) is 5.56 Å². The van der Waals surface area contributed by atoms with Crippen LogP contribution in [0.25, 0.3) is 0 Å². The molecule has 0 aliphatic heterocycles. The number of carbonyl (C=O) groups excluding carboxylic acids is 2. The quantitative estimate of drug-likeness (QED) is 0.774. The molecule has 0 aromatic heterocycles. The van der Waals surface area contributed by atoms with Crippen LogP contribution >= 0.6 is 0 Å². The smallest absolute Gasteiger partial charge is 0.241 e. The normalized spacial score (nSPS) is 12.3. The molecule has 1 aromatic rings. The summed E-state index contributed by atoms with van der Waals surface area (Å²) < 4.78 is 0. The zero-order valence-electron chi connectivity index (χ0n) is 14.8. The van der Waals surface area contributed by atoms with Crippen LogP contribution in [0.5, 0.6) is 0 Å². The molecular weight excluding hydrogens is 290 g/mol. The second-order valence-corrected chi connectivity index (χ2v) is 6.21. The van der Waals surface area contributed by atoms with Crippen molar-refractivity contribution in [2.24, 2.45) is 0 Å². The number of rotatable bonds is 8. The molecule has 0 fully saturated rings. The highest BCUT2D eigenvalue weighted by Crippen LogP contribution is 2.17. The van der Waals surface area contributed by atoms with Crippen molar-refractivity contribution in [2.45, 2.75) is 46.1 Å². The molecule has 0 heterocycles. The first-order valence-electron chi connectivity index (χ1n) is 8.22. The van der Waals surface area contributed by atoms with Gasteiger partial charge in [-0.2, -0.15) is 0 Å². The van der Waals surface area contributed by atoms with E-state index in [1.807, 2.05) is 31.2 Å². The highest BCUT2D eigenvalue weighted by molar-refractivity contribution is 5.94. The molecule has 0 aliphatic carbocycles. The van der Waals surface area contributed by atoms with Gasteiger partial charge in [0.15, 0.2) is 0 Å². The molecular formula is C18H29N3O2. The van der Waals surface area contributed by atoms with E-state index in [9.17, 15) is 9.59 Å². The molecule has 0 saturated carbocycles. The molecule has 1 atom stereocenters. The lowest BCUT2D eigenvalue weighted by Gasteiger charge is -2.23. The van der Waals surface area contributed by atoms with Gasteiger partial charge in [-0.1, -0.05) is 32.9 Å². The molecule has 1 aromatic carbocycles. The van der Waals surface area contributed by atoms with Crippen LogP contribution in [0.1, 0.15) is 45.6 Å². The maximum atomic E-state index is 12.3. The molecule has 0 aliphatic rings. The molecule has 2 N–H and O–H groups in total. The Morgan fingerprint density at radius 1 is 1.13 bits per heavy atom. The largest absolute Gasteiger partial charge is 0.355 e. The molecule has 23 heavy (non-hydrogen) atoms. The van der Waals surface area contributed by atoms with E-state index in [0.717, 1.165) is 12.1 Å². The molecule has 0 unspecified atom stereocenters. The van der Waals surface area contributed by atoms with Crippen LogP contribution in [0, 0.1) is 0 Å². The van der Waals surface area contributed by atoms with Gasteiger partial charge in [0.2, 0.25) is 11.8 Å². The topological polar surface area (TPSA) is 61.4 Å². The van der Waals surface area contributed by atoms with Gasteiger partial charge in [0.25, 0.3) is 0 Å². The van der Waals surface area contributed by atoms with Gasteiger partial charge >= 0.3 is 0 Å². The first kappa shape index (κ1) is 19.2. The van der Waals surface area contributed by atoms with Gasteiger partial charge in [-0.15, -0.1) is 0 Å². The van der Waals surface area contributed by atoms with Crippen molar-refractivity contribution in [1.82, 2.24) is 10.2 Å². The van der Waals surface area contributed by atoms with Gasteiger partial charge in [-0.25, -0.2) is 0 Å². The number of hydrogen-bond donors (Lipinski definition) is 2. The van der Waals surface area contributed by atoms with Crippen LogP contribution in [0.2, 0.25) is 0 Å². The molecule has 2 amide bonds. The van der Waals surface area contributed by atoms with Gasteiger partial charge < -0.3 is 10.6 Å². The van der Waals surface area contributed by atoms with E-state index in [1.54, 1.807) is 18.9 Å². The number of nitrogens with one attached hydrogen (secondary N) is 2. The Hall–Kier alpha value is -1.88. The Morgan fingerprint density at radius 2 is 1.74 bits per heavy atom. The summed E-state index contributed by atoms with van der Waals surface area (Å²) in [4.78, 5) is 25.7. The fraction of sp³-hybridized carbons (Fsp3) is 0.556. The Labute approximate surface area is 139 Å². The van der Waals surface area contributed by atoms with Crippen LogP contribution in [-0.2, 0) is 9.59 Å². The minimum atomic E-state index is -0.382. The number of anilines is 1. The summed E-state index contributed by atoms with van der Waals surface area (Å²) in [6.45, 7) is 8.94. The summed E-state index contributed by atoms with van der Waals surface area (Å²) in [5.41, 5.74) is 2.01. The third-order valence-corrected chi connectivity index (χ3v) is 3.85. The van der Waals surface area contributed by atoms with E-state index >= 15 is 0 Å². The van der Waals surface area contributed by atoms with Gasteiger partial charge in [-0.3, -0.25) is 14.5 Å². The van der Waals surface area contributed by atoms with E-state index in [2.05, 4.69) is 24.5 Å². The third-order valence-electron chi connectivity index (χ3n) is 3.85. The number of carbonyl (C=O) groups is 2. The third kappa shape index (κ3) is 6.40. The number of likely N-dealkylation sites (N-methyl/N-ethyl adjacent to an activating group) is 1. The molecule has 128 valence electrons. The fourth-order valence-corrected chi connectivity index (χ4v) is 2.08. The minimum absolute atomic E-state index is 0.0599. The van der Waals surface area contributed by atoms with Crippen molar-refractivity contribution in [3.05, 3.63) is 29.8 Å². The van der Waals surface area contributed by atoms with Crippen molar-refractivity contribution in [3.8, 4) is 0 Å². The molecule has 5 heteroatoms. The van der Waals surface area contributed by atoms with Crippen LogP contribution in [0.4, 0.5) is 5.69 Å². The summed E-state index contributed by atoms with van der Waals surface area (Å²) in [7, 11) is 1.78. The summed E-state index contributed by atoms with van der Waals surface area (Å²) in [6.07, 6.45) is 0.901. The Bertz CT molecular complexity index is 512. The van der Waals surface area contributed by atoms with Crippen LogP contribution in [0.15, 0.2) is 24.3 Å². The predicted molar refractivity (Wildman–Crippen MR) is 94.6 cm³/mol. The zero-order valence-corrected chi connectivity index (χ0v) is 14.8. The van der Waals surface area contributed by atoms with Gasteiger partial charge in [-0.05, 0) is 44.0 Å².